The van der Waals surface area contributed by atoms with Crippen LogP contribution in [0.5, 0.6) is 0 Å². The zero-order chi connectivity index (χ0) is 10.7. The molecule has 2 heterocycles. The SMILES string of the molecule is CNc1nc(C)nc(N2CCCCC2)n1. The van der Waals surface area contributed by atoms with E-state index in [4.69, 9.17) is 0 Å². The van der Waals surface area contributed by atoms with E-state index in [1.165, 1.54) is 19.3 Å². The number of rotatable bonds is 2. The van der Waals surface area contributed by atoms with Crippen LogP contribution >= 0.6 is 0 Å². The van der Waals surface area contributed by atoms with Crippen molar-refractivity contribution in [2.24, 2.45) is 0 Å². The van der Waals surface area contributed by atoms with Gasteiger partial charge >= 0.3 is 0 Å². The molecule has 2 rings (SSSR count). The fourth-order valence-corrected chi connectivity index (χ4v) is 1.81. The molecule has 0 saturated carbocycles. The first-order valence-electron chi connectivity index (χ1n) is 5.45. The van der Waals surface area contributed by atoms with Crippen molar-refractivity contribution in [2.75, 3.05) is 30.4 Å². The third-order valence-corrected chi connectivity index (χ3v) is 2.60. The molecule has 0 spiro atoms. The van der Waals surface area contributed by atoms with Crippen LogP contribution in [0.3, 0.4) is 0 Å². The lowest BCUT2D eigenvalue weighted by atomic mass is 10.1. The Morgan fingerprint density at radius 1 is 1.07 bits per heavy atom. The monoisotopic (exact) mass is 207 g/mol. The third-order valence-electron chi connectivity index (χ3n) is 2.60. The van der Waals surface area contributed by atoms with E-state index in [1.807, 2.05) is 14.0 Å². The predicted molar refractivity (Wildman–Crippen MR) is 60.2 cm³/mol. The second kappa shape index (κ2) is 4.42. The first-order chi connectivity index (χ1) is 7.29. The van der Waals surface area contributed by atoms with Crippen molar-refractivity contribution in [3.8, 4) is 0 Å². The van der Waals surface area contributed by atoms with Crippen LogP contribution in [0.4, 0.5) is 11.9 Å². The van der Waals surface area contributed by atoms with Gasteiger partial charge in [0.2, 0.25) is 11.9 Å². The minimum absolute atomic E-state index is 0.656. The lowest BCUT2D eigenvalue weighted by molar-refractivity contribution is 0.567. The van der Waals surface area contributed by atoms with Gasteiger partial charge in [0.15, 0.2) is 0 Å². The Morgan fingerprint density at radius 3 is 2.47 bits per heavy atom. The maximum absolute atomic E-state index is 4.37. The Hall–Kier alpha value is -1.39. The summed E-state index contributed by atoms with van der Waals surface area (Å²) in [5.74, 6) is 2.24. The van der Waals surface area contributed by atoms with Crippen molar-refractivity contribution in [1.82, 2.24) is 15.0 Å². The zero-order valence-corrected chi connectivity index (χ0v) is 9.32. The van der Waals surface area contributed by atoms with Crippen LogP contribution in [0.1, 0.15) is 25.1 Å². The topological polar surface area (TPSA) is 53.9 Å². The molecular weight excluding hydrogens is 190 g/mol. The summed E-state index contributed by atoms with van der Waals surface area (Å²) in [5.41, 5.74) is 0. The van der Waals surface area contributed by atoms with Crippen LogP contribution in [0.25, 0.3) is 0 Å². The van der Waals surface area contributed by atoms with Crippen LogP contribution in [0.15, 0.2) is 0 Å². The van der Waals surface area contributed by atoms with E-state index in [-0.39, 0.29) is 0 Å². The maximum atomic E-state index is 4.37. The smallest absolute Gasteiger partial charge is 0.230 e. The summed E-state index contributed by atoms with van der Waals surface area (Å²) >= 11 is 0. The first-order valence-corrected chi connectivity index (χ1v) is 5.45. The van der Waals surface area contributed by atoms with Gasteiger partial charge in [0.1, 0.15) is 5.82 Å². The Balaban J connectivity index is 2.22. The first kappa shape index (κ1) is 10.1. The average Bonchev–Trinajstić information content (AvgIpc) is 2.29. The summed E-state index contributed by atoms with van der Waals surface area (Å²) in [7, 11) is 1.83. The molecular formula is C10H17N5. The molecule has 1 aromatic heterocycles. The number of piperidine rings is 1. The number of hydrogen-bond donors (Lipinski definition) is 1. The van der Waals surface area contributed by atoms with E-state index in [2.05, 4.69) is 25.2 Å². The Labute approximate surface area is 89.9 Å². The van der Waals surface area contributed by atoms with Crippen LogP contribution in [-0.2, 0) is 0 Å². The molecule has 0 aromatic carbocycles. The van der Waals surface area contributed by atoms with Crippen LogP contribution in [0, 0.1) is 6.92 Å². The molecule has 1 aliphatic rings. The van der Waals surface area contributed by atoms with Crippen LogP contribution in [0.2, 0.25) is 0 Å². The number of anilines is 2. The van der Waals surface area contributed by atoms with Crippen LogP contribution < -0.4 is 10.2 Å². The highest BCUT2D eigenvalue weighted by atomic mass is 15.3. The number of nitrogens with one attached hydrogen (secondary N) is 1. The Morgan fingerprint density at radius 2 is 1.80 bits per heavy atom. The minimum atomic E-state index is 0.656. The molecule has 15 heavy (non-hydrogen) atoms. The van der Waals surface area contributed by atoms with E-state index in [1.54, 1.807) is 0 Å². The van der Waals surface area contributed by atoms with Crippen molar-refractivity contribution < 1.29 is 0 Å². The van der Waals surface area contributed by atoms with Crippen molar-refractivity contribution >= 4 is 11.9 Å². The van der Waals surface area contributed by atoms with Gasteiger partial charge in [0, 0.05) is 20.1 Å². The second-order valence-corrected chi connectivity index (χ2v) is 3.80. The highest BCUT2D eigenvalue weighted by Gasteiger charge is 2.14. The highest BCUT2D eigenvalue weighted by molar-refractivity contribution is 5.36. The number of aryl methyl sites for hydroxylation is 1. The van der Waals surface area contributed by atoms with Gasteiger partial charge in [-0.2, -0.15) is 15.0 Å². The molecule has 0 amide bonds. The van der Waals surface area contributed by atoms with Gasteiger partial charge in [-0.1, -0.05) is 0 Å². The Bertz CT molecular complexity index is 333. The lowest BCUT2D eigenvalue weighted by Gasteiger charge is -2.26. The number of aromatic nitrogens is 3. The van der Waals surface area contributed by atoms with Crippen molar-refractivity contribution in [1.29, 1.82) is 0 Å². The molecule has 0 unspecified atom stereocenters. The van der Waals surface area contributed by atoms with Gasteiger partial charge in [-0.3, -0.25) is 0 Å². The van der Waals surface area contributed by atoms with Crippen molar-refractivity contribution in [3.63, 3.8) is 0 Å². The Kier molecular flexibility index (Phi) is 2.99. The highest BCUT2D eigenvalue weighted by Crippen LogP contribution is 2.16. The molecule has 1 fully saturated rings. The molecule has 0 bridgehead atoms. The van der Waals surface area contributed by atoms with Gasteiger partial charge in [0.05, 0.1) is 0 Å². The maximum Gasteiger partial charge on any atom is 0.230 e. The summed E-state index contributed by atoms with van der Waals surface area (Å²) < 4.78 is 0. The fourth-order valence-electron chi connectivity index (χ4n) is 1.81. The molecule has 5 nitrogen and oxygen atoms in total. The quantitative estimate of drug-likeness (QED) is 0.790. The molecule has 1 aromatic rings. The molecule has 0 aliphatic carbocycles. The van der Waals surface area contributed by atoms with Gasteiger partial charge in [-0.15, -0.1) is 0 Å². The molecule has 0 radical (unpaired) electrons. The fraction of sp³-hybridized carbons (Fsp3) is 0.700. The van der Waals surface area contributed by atoms with Gasteiger partial charge in [0.25, 0.3) is 0 Å². The summed E-state index contributed by atoms with van der Waals surface area (Å²) in [6.07, 6.45) is 3.79. The zero-order valence-electron chi connectivity index (χ0n) is 9.32. The average molecular weight is 207 g/mol. The summed E-state index contributed by atoms with van der Waals surface area (Å²) in [6, 6.07) is 0. The summed E-state index contributed by atoms with van der Waals surface area (Å²) in [6.45, 7) is 4.02. The largest absolute Gasteiger partial charge is 0.357 e. The van der Waals surface area contributed by atoms with Crippen molar-refractivity contribution in [3.05, 3.63) is 5.82 Å². The summed E-state index contributed by atoms with van der Waals surface area (Å²) in [5, 5.41) is 2.96. The molecule has 82 valence electrons. The number of hydrogen-bond acceptors (Lipinski definition) is 5. The molecule has 1 saturated heterocycles. The number of nitrogens with zero attached hydrogens (tertiary/aromatic N) is 4. The lowest BCUT2D eigenvalue weighted by Crippen LogP contribution is -2.31. The standard InChI is InChI=1S/C10H17N5/c1-8-12-9(11-2)14-10(13-8)15-6-4-3-5-7-15/h3-7H2,1-2H3,(H,11,12,13,14). The minimum Gasteiger partial charge on any atom is -0.357 e. The molecule has 1 N–H and O–H groups in total. The predicted octanol–water partition coefficient (Wildman–Crippen LogP) is 1.21. The van der Waals surface area contributed by atoms with Crippen LogP contribution in [-0.4, -0.2) is 35.1 Å². The van der Waals surface area contributed by atoms with E-state index >= 15 is 0 Å². The van der Waals surface area contributed by atoms with Gasteiger partial charge < -0.3 is 10.2 Å². The van der Waals surface area contributed by atoms with Crippen molar-refractivity contribution in [2.45, 2.75) is 26.2 Å². The third kappa shape index (κ3) is 2.34. The van der Waals surface area contributed by atoms with E-state index in [0.717, 1.165) is 24.9 Å². The van der Waals surface area contributed by atoms with E-state index in [9.17, 15) is 0 Å². The van der Waals surface area contributed by atoms with Gasteiger partial charge in [-0.05, 0) is 26.2 Å². The second-order valence-electron chi connectivity index (χ2n) is 3.80. The van der Waals surface area contributed by atoms with E-state index < -0.39 is 0 Å². The molecule has 5 heteroatoms. The van der Waals surface area contributed by atoms with E-state index in [0.29, 0.717) is 5.95 Å². The molecule has 0 atom stereocenters. The molecule has 1 aliphatic heterocycles. The van der Waals surface area contributed by atoms with Gasteiger partial charge in [-0.25, -0.2) is 0 Å². The summed E-state index contributed by atoms with van der Waals surface area (Å²) in [4.78, 5) is 15.2. The normalized spacial score (nSPS) is 16.5.